The number of likely N-dealkylation sites (tertiary alicyclic amines) is 1. The van der Waals surface area contributed by atoms with E-state index < -0.39 is 0 Å². The maximum Gasteiger partial charge on any atom is 0.270 e. The number of hydrogen-bond donors (Lipinski definition) is 0. The van der Waals surface area contributed by atoms with E-state index in [1.165, 1.54) is 12.8 Å². The van der Waals surface area contributed by atoms with Crippen LogP contribution in [0.5, 0.6) is 0 Å². The molecule has 1 fully saturated rings. The van der Waals surface area contributed by atoms with Gasteiger partial charge in [0.15, 0.2) is 0 Å². The topological polar surface area (TPSA) is 25.2 Å². The molecule has 0 atom stereocenters. The Morgan fingerprint density at radius 3 is 2.60 bits per heavy atom. The summed E-state index contributed by atoms with van der Waals surface area (Å²) in [4.78, 5) is 14.7. The Labute approximate surface area is 130 Å². The average Bonchev–Trinajstić information content (AvgIpc) is 2.81. The quantitative estimate of drug-likeness (QED) is 0.792. The van der Waals surface area contributed by atoms with Crippen molar-refractivity contribution in [1.82, 2.24) is 9.47 Å². The first-order valence-electron chi connectivity index (χ1n) is 7.69. The maximum absolute atomic E-state index is 12.7. The zero-order chi connectivity index (χ0) is 14.7. The molecule has 0 unspecified atom stereocenters. The maximum atomic E-state index is 12.7. The summed E-state index contributed by atoms with van der Waals surface area (Å²) in [6.45, 7) is 8.27. The van der Waals surface area contributed by atoms with Crippen LogP contribution in [0.15, 0.2) is 16.7 Å². The molecule has 0 spiro atoms. The fourth-order valence-electron chi connectivity index (χ4n) is 3.04. The summed E-state index contributed by atoms with van der Waals surface area (Å²) in [7, 11) is 0. The molecule has 2 rings (SSSR count). The highest BCUT2D eigenvalue weighted by molar-refractivity contribution is 9.10. The molecule has 2 heterocycles. The molecule has 4 heteroatoms. The van der Waals surface area contributed by atoms with E-state index >= 15 is 0 Å². The molecule has 1 amide bonds. The molecule has 20 heavy (non-hydrogen) atoms. The molecule has 0 bridgehead atoms. The highest BCUT2D eigenvalue weighted by Crippen LogP contribution is 2.25. The number of carbonyl (C=O) groups is 1. The van der Waals surface area contributed by atoms with Gasteiger partial charge in [-0.25, -0.2) is 0 Å². The smallest absolute Gasteiger partial charge is 0.270 e. The molecule has 3 nitrogen and oxygen atoms in total. The first-order chi connectivity index (χ1) is 9.52. The standard InChI is InChI=1S/C16H25BrN2O/c1-4-5-13-6-8-18(9-7-13)16(20)15-10-14(17)11-19(15)12(2)3/h10-13H,4-9H2,1-3H3. The number of amides is 1. The van der Waals surface area contributed by atoms with Crippen molar-refractivity contribution in [3.8, 4) is 0 Å². The van der Waals surface area contributed by atoms with Crippen LogP contribution in [0.3, 0.4) is 0 Å². The van der Waals surface area contributed by atoms with Gasteiger partial charge in [-0.1, -0.05) is 19.8 Å². The van der Waals surface area contributed by atoms with Gasteiger partial charge in [-0.3, -0.25) is 4.79 Å². The first kappa shape index (κ1) is 15.6. The van der Waals surface area contributed by atoms with Gasteiger partial charge in [0, 0.05) is 29.8 Å². The lowest BCUT2D eigenvalue weighted by Gasteiger charge is -2.32. The molecule has 1 aliphatic rings. The molecular formula is C16H25BrN2O. The summed E-state index contributed by atoms with van der Waals surface area (Å²) in [6, 6.07) is 2.25. The number of aromatic nitrogens is 1. The van der Waals surface area contributed by atoms with Gasteiger partial charge in [-0.15, -0.1) is 0 Å². The van der Waals surface area contributed by atoms with Gasteiger partial charge in [0.25, 0.3) is 5.91 Å². The van der Waals surface area contributed by atoms with Crippen LogP contribution in [0.1, 0.15) is 63.0 Å². The zero-order valence-corrected chi connectivity index (χ0v) is 14.3. The molecular weight excluding hydrogens is 316 g/mol. The molecule has 1 aromatic rings. The highest BCUT2D eigenvalue weighted by Gasteiger charge is 2.25. The molecule has 0 radical (unpaired) electrons. The minimum absolute atomic E-state index is 0.180. The molecule has 0 aliphatic carbocycles. The predicted molar refractivity (Wildman–Crippen MR) is 86.1 cm³/mol. The van der Waals surface area contributed by atoms with Crippen molar-refractivity contribution in [3.05, 3.63) is 22.4 Å². The largest absolute Gasteiger partial charge is 0.340 e. The Morgan fingerprint density at radius 2 is 2.05 bits per heavy atom. The second kappa shape index (κ2) is 6.79. The van der Waals surface area contributed by atoms with Crippen molar-refractivity contribution in [2.24, 2.45) is 5.92 Å². The van der Waals surface area contributed by atoms with Crippen molar-refractivity contribution in [1.29, 1.82) is 0 Å². The van der Waals surface area contributed by atoms with Crippen LogP contribution in [-0.4, -0.2) is 28.5 Å². The lowest BCUT2D eigenvalue weighted by molar-refractivity contribution is 0.0674. The molecule has 1 saturated heterocycles. The van der Waals surface area contributed by atoms with E-state index in [9.17, 15) is 4.79 Å². The molecule has 112 valence electrons. The van der Waals surface area contributed by atoms with E-state index in [1.807, 2.05) is 17.2 Å². The van der Waals surface area contributed by atoms with E-state index in [2.05, 4.69) is 41.3 Å². The van der Waals surface area contributed by atoms with Gasteiger partial charge in [0.2, 0.25) is 0 Å². The van der Waals surface area contributed by atoms with Crippen molar-refractivity contribution in [3.63, 3.8) is 0 Å². The normalized spacial score (nSPS) is 16.9. The summed E-state index contributed by atoms with van der Waals surface area (Å²) < 4.78 is 3.04. The molecule has 0 saturated carbocycles. The number of carbonyl (C=O) groups excluding carboxylic acids is 1. The molecule has 0 N–H and O–H groups in total. The number of hydrogen-bond acceptors (Lipinski definition) is 1. The Bertz CT molecular complexity index is 459. The number of rotatable bonds is 4. The predicted octanol–water partition coefficient (Wildman–Crippen LogP) is 4.48. The fraction of sp³-hybridized carbons (Fsp3) is 0.688. The summed E-state index contributed by atoms with van der Waals surface area (Å²) in [6.07, 6.45) is 6.87. The minimum atomic E-state index is 0.180. The Hall–Kier alpha value is -0.770. The summed E-state index contributed by atoms with van der Waals surface area (Å²) >= 11 is 3.48. The summed E-state index contributed by atoms with van der Waals surface area (Å²) in [5.74, 6) is 0.993. The third-order valence-corrected chi connectivity index (χ3v) is 4.62. The Morgan fingerprint density at radius 1 is 1.40 bits per heavy atom. The highest BCUT2D eigenvalue weighted by atomic mass is 79.9. The molecule has 1 aromatic heterocycles. The van der Waals surface area contributed by atoms with Crippen LogP contribution in [0.4, 0.5) is 0 Å². The van der Waals surface area contributed by atoms with Crippen LogP contribution < -0.4 is 0 Å². The van der Waals surface area contributed by atoms with E-state index in [0.717, 1.165) is 42.0 Å². The summed E-state index contributed by atoms with van der Waals surface area (Å²) in [5, 5.41) is 0. The first-order valence-corrected chi connectivity index (χ1v) is 8.48. The second-order valence-corrected chi connectivity index (χ2v) is 6.98. The summed E-state index contributed by atoms with van der Waals surface area (Å²) in [5.41, 5.74) is 0.806. The Kier molecular flexibility index (Phi) is 5.30. The van der Waals surface area contributed by atoms with Crippen molar-refractivity contribution in [2.75, 3.05) is 13.1 Å². The Balaban J connectivity index is 2.05. The third kappa shape index (κ3) is 3.46. The van der Waals surface area contributed by atoms with Crippen LogP contribution >= 0.6 is 15.9 Å². The number of halogens is 1. The van der Waals surface area contributed by atoms with Gasteiger partial charge >= 0.3 is 0 Å². The van der Waals surface area contributed by atoms with Crippen LogP contribution in [0.2, 0.25) is 0 Å². The molecule has 0 aromatic carbocycles. The van der Waals surface area contributed by atoms with Crippen LogP contribution in [0, 0.1) is 5.92 Å². The van der Waals surface area contributed by atoms with Crippen molar-refractivity contribution < 1.29 is 4.79 Å². The second-order valence-electron chi connectivity index (χ2n) is 6.07. The average molecular weight is 341 g/mol. The lowest BCUT2D eigenvalue weighted by Crippen LogP contribution is -2.39. The van der Waals surface area contributed by atoms with Crippen molar-refractivity contribution in [2.45, 2.75) is 52.5 Å². The van der Waals surface area contributed by atoms with E-state index in [-0.39, 0.29) is 5.91 Å². The third-order valence-electron chi connectivity index (χ3n) is 4.19. The lowest BCUT2D eigenvalue weighted by atomic mass is 9.92. The van der Waals surface area contributed by atoms with E-state index in [0.29, 0.717) is 6.04 Å². The SMILES string of the molecule is CCCC1CCN(C(=O)c2cc(Br)cn2C(C)C)CC1. The van der Waals surface area contributed by atoms with Crippen LogP contribution in [-0.2, 0) is 0 Å². The fourth-order valence-corrected chi connectivity index (χ4v) is 3.48. The minimum Gasteiger partial charge on any atom is -0.340 e. The zero-order valence-electron chi connectivity index (χ0n) is 12.7. The van der Waals surface area contributed by atoms with Gasteiger partial charge in [-0.2, -0.15) is 0 Å². The van der Waals surface area contributed by atoms with Gasteiger partial charge in [0.1, 0.15) is 5.69 Å². The van der Waals surface area contributed by atoms with Crippen LogP contribution in [0.25, 0.3) is 0 Å². The van der Waals surface area contributed by atoms with Gasteiger partial charge in [-0.05, 0) is 54.6 Å². The van der Waals surface area contributed by atoms with Gasteiger partial charge in [0.05, 0.1) is 0 Å². The van der Waals surface area contributed by atoms with Crippen molar-refractivity contribution >= 4 is 21.8 Å². The monoisotopic (exact) mass is 340 g/mol. The van der Waals surface area contributed by atoms with E-state index in [4.69, 9.17) is 0 Å². The number of piperidine rings is 1. The number of nitrogens with zero attached hydrogens (tertiary/aromatic N) is 2. The molecule has 1 aliphatic heterocycles. The van der Waals surface area contributed by atoms with E-state index in [1.54, 1.807) is 0 Å². The van der Waals surface area contributed by atoms with Gasteiger partial charge < -0.3 is 9.47 Å².